The van der Waals surface area contributed by atoms with Crippen LogP contribution in [0.25, 0.3) is 22.2 Å². The van der Waals surface area contributed by atoms with Gasteiger partial charge in [0, 0.05) is 10.9 Å². The van der Waals surface area contributed by atoms with Crippen LogP contribution in [0.1, 0.15) is 67.4 Å². The van der Waals surface area contributed by atoms with Crippen molar-refractivity contribution in [2.45, 2.75) is 51.5 Å². The predicted molar refractivity (Wildman–Crippen MR) is 137 cm³/mol. The van der Waals surface area contributed by atoms with Crippen molar-refractivity contribution in [1.82, 2.24) is 10.3 Å². The number of amides is 1. The molecule has 4 aromatic rings. The van der Waals surface area contributed by atoms with Crippen molar-refractivity contribution in [2.24, 2.45) is 0 Å². The molecule has 3 nitrogen and oxygen atoms in total. The summed E-state index contributed by atoms with van der Waals surface area (Å²) < 4.78 is 0. The van der Waals surface area contributed by atoms with E-state index in [-0.39, 0.29) is 11.9 Å². The zero-order valence-corrected chi connectivity index (χ0v) is 19.3. The van der Waals surface area contributed by atoms with E-state index in [4.69, 9.17) is 4.98 Å². The maximum absolute atomic E-state index is 13.6. The van der Waals surface area contributed by atoms with Gasteiger partial charge in [-0.2, -0.15) is 0 Å². The first-order valence-electron chi connectivity index (χ1n) is 12.1. The maximum atomic E-state index is 13.6. The lowest BCUT2D eigenvalue weighted by Gasteiger charge is -2.20. The highest BCUT2D eigenvalue weighted by Crippen LogP contribution is 2.27. The first-order chi connectivity index (χ1) is 16.3. The normalized spacial score (nSPS) is 11.9. The lowest BCUT2D eigenvalue weighted by atomic mass is 9.98. The lowest BCUT2D eigenvalue weighted by Crippen LogP contribution is -2.29. The summed E-state index contributed by atoms with van der Waals surface area (Å²) in [7, 11) is 0. The highest BCUT2D eigenvalue weighted by Gasteiger charge is 2.19. The second-order valence-electron chi connectivity index (χ2n) is 8.58. The number of aromatic nitrogens is 1. The van der Waals surface area contributed by atoms with Gasteiger partial charge in [-0.3, -0.25) is 4.79 Å². The number of pyridine rings is 1. The van der Waals surface area contributed by atoms with Gasteiger partial charge in [-0.25, -0.2) is 4.98 Å². The predicted octanol–water partition coefficient (Wildman–Crippen LogP) is 7.73. The molecule has 4 rings (SSSR count). The van der Waals surface area contributed by atoms with Crippen LogP contribution in [0.15, 0.2) is 91.0 Å². The zero-order chi connectivity index (χ0) is 22.9. The number of carbonyl (C=O) groups is 1. The molecular formula is C30H32N2O. The Kier molecular flexibility index (Phi) is 7.86. The minimum atomic E-state index is -0.0480. The number of hydrogen-bond acceptors (Lipinski definition) is 2. The molecule has 0 aliphatic rings. The summed E-state index contributed by atoms with van der Waals surface area (Å²) in [4.78, 5) is 18.4. The molecule has 1 atom stereocenters. The molecule has 0 aliphatic carbocycles. The van der Waals surface area contributed by atoms with Gasteiger partial charge >= 0.3 is 0 Å². The van der Waals surface area contributed by atoms with Gasteiger partial charge in [0.15, 0.2) is 0 Å². The molecule has 0 spiro atoms. The maximum Gasteiger partial charge on any atom is 0.252 e. The number of carbonyl (C=O) groups excluding carboxylic acids is 1. The van der Waals surface area contributed by atoms with Crippen molar-refractivity contribution in [3.05, 3.63) is 102 Å². The number of nitrogens with one attached hydrogen (secondary N) is 1. The number of para-hydroxylation sites is 1. The zero-order valence-electron chi connectivity index (χ0n) is 19.3. The standard InChI is InChI=1S/C30H32N2O/c1-2-3-4-5-12-20-27(23-15-8-6-9-16-23)32-30(33)26-22-29(24-17-10-7-11-18-24)31-28-21-14-13-19-25(26)28/h6-11,13-19,21-22,27H,2-5,12,20H2,1H3,(H,32,33)/t27-/m1/s1. The Morgan fingerprint density at radius 1 is 0.818 bits per heavy atom. The summed E-state index contributed by atoms with van der Waals surface area (Å²) in [5, 5.41) is 4.22. The molecule has 0 saturated heterocycles. The molecule has 1 heterocycles. The van der Waals surface area contributed by atoms with E-state index >= 15 is 0 Å². The van der Waals surface area contributed by atoms with Gasteiger partial charge < -0.3 is 5.32 Å². The molecule has 3 aromatic carbocycles. The number of benzene rings is 3. The first kappa shape index (κ1) is 22.7. The molecule has 168 valence electrons. The Morgan fingerprint density at radius 2 is 1.48 bits per heavy atom. The second-order valence-corrected chi connectivity index (χ2v) is 8.58. The van der Waals surface area contributed by atoms with Gasteiger partial charge in [0.2, 0.25) is 0 Å². The van der Waals surface area contributed by atoms with E-state index in [9.17, 15) is 4.79 Å². The van der Waals surface area contributed by atoms with Gasteiger partial charge in [0.25, 0.3) is 5.91 Å². The van der Waals surface area contributed by atoms with Gasteiger partial charge in [-0.05, 0) is 24.1 Å². The molecular weight excluding hydrogens is 404 g/mol. The van der Waals surface area contributed by atoms with E-state index in [1.54, 1.807) is 0 Å². The van der Waals surface area contributed by atoms with Crippen LogP contribution in [-0.2, 0) is 0 Å². The highest BCUT2D eigenvalue weighted by molar-refractivity contribution is 6.07. The summed E-state index contributed by atoms with van der Waals surface area (Å²) in [6.07, 6.45) is 7.00. The Balaban J connectivity index is 1.63. The molecule has 0 fully saturated rings. The van der Waals surface area contributed by atoms with Crippen molar-refractivity contribution < 1.29 is 4.79 Å². The fourth-order valence-electron chi connectivity index (χ4n) is 4.32. The molecule has 1 aromatic heterocycles. The molecule has 0 aliphatic heterocycles. The van der Waals surface area contributed by atoms with E-state index in [2.05, 4.69) is 24.4 Å². The smallest absolute Gasteiger partial charge is 0.252 e. The topological polar surface area (TPSA) is 42.0 Å². The van der Waals surface area contributed by atoms with E-state index in [0.29, 0.717) is 5.56 Å². The minimum Gasteiger partial charge on any atom is -0.345 e. The average molecular weight is 437 g/mol. The van der Waals surface area contributed by atoms with Gasteiger partial charge in [0.05, 0.1) is 22.8 Å². The fourth-order valence-corrected chi connectivity index (χ4v) is 4.32. The van der Waals surface area contributed by atoms with Crippen LogP contribution in [0.3, 0.4) is 0 Å². The molecule has 33 heavy (non-hydrogen) atoms. The second kappa shape index (κ2) is 11.4. The van der Waals surface area contributed by atoms with Gasteiger partial charge in [-0.1, -0.05) is 118 Å². The molecule has 0 unspecified atom stereocenters. The van der Waals surface area contributed by atoms with E-state index in [1.165, 1.54) is 25.7 Å². The van der Waals surface area contributed by atoms with Crippen LogP contribution >= 0.6 is 0 Å². The molecule has 0 saturated carbocycles. The third kappa shape index (κ3) is 5.87. The van der Waals surface area contributed by atoms with Crippen LogP contribution < -0.4 is 5.32 Å². The molecule has 1 amide bonds. The summed E-state index contributed by atoms with van der Waals surface area (Å²) >= 11 is 0. The molecule has 0 radical (unpaired) electrons. The van der Waals surface area contributed by atoms with Crippen molar-refractivity contribution >= 4 is 16.8 Å². The fraction of sp³-hybridized carbons (Fsp3) is 0.267. The highest BCUT2D eigenvalue weighted by atomic mass is 16.1. The van der Waals surface area contributed by atoms with Gasteiger partial charge in [-0.15, -0.1) is 0 Å². The lowest BCUT2D eigenvalue weighted by molar-refractivity contribution is 0.0935. The first-order valence-corrected chi connectivity index (χ1v) is 12.1. The van der Waals surface area contributed by atoms with Crippen LogP contribution in [0, 0.1) is 0 Å². The summed E-state index contributed by atoms with van der Waals surface area (Å²) in [6, 6.07) is 30.2. The van der Waals surface area contributed by atoms with Crippen molar-refractivity contribution in [1.29, 1.82) is 0 Å². The van der Waals surface area contributed by atoms with E-state index in [1.807, 2.05) is 78.9 Å². The third-order valence-electron chi connectivity index (χ3n) is 6.13. The minimum absolute atomic E-state index is 0.00701. The van der Waals surface area contributed by atoms with Crippen LogP contribution in [0.4, 0.5) is 0 Å². The van der Waals surface area contributed by atoms with Crippen molar-refractivity contribution in [3.8, 4) is 11.3 Å². The van der Waals surface area contributed by atoms with Gasteiger partial charge in [0.1, 0.15) is 0 Å². The number of fused-ring (bicyclic) bond motifs is 1. The van der Waals surface area contributed by atoms with Crippen LogP contribution in [0.2, 0.25) is 0 Å². The molecule has 3 heteroatoms. The molecule has 1 N–H and O–H groups in total. The van der Waals surface area contributed by atoms with Crippen LogP contribution in [0.5, 0.6) is 0 Å². The largest absolute Gasteiger partial charge is 0.345 e. The number of hydrogen-bond donors (Lipinski definition) is 1. The summed E-state index contributed by atoms with van der Waals surface area (Å²) in [5.74, 6) is -0.0480. The summed E-state index contributed by atoms with van der Waals surface area (Å²) in [6.45, 7) is 2.23. The number of nitrogens with zero attached hydrogens (tertiary/aromatic N) is 1. The number of unbranched alkanes of at least 4 members (excludes halogenated alkanes) is 4. The molecule has 0 bridgehead atoms. The monoisotopic (exact) mass is 436 g/mol. The van der Waals surface area contributed by atoms with E-state index in [0.717, 1.165) is 40.6 Å². The SMILES string of the molecule is CCCCCCC[C@@H](NC(=O)c1cc(-c2ccccc2)nc2ccccc12)c1ccccc1. The van der Waals surface area contributed by atoms with Crippen molar-refractivity contribution in [3.63, 3.8) is 0 Å². The quantitative estimate of drug-likeness (QED) is 0.258. The van der Waals surface area contributed by atoms with Crippen LogP contribution in [-0.4, -0.2) is 10.9 Å². The Bertz CT molecular complexity index is 1170. The summed E-state index contributed by atoms with van der Waals surface area (Å²) in [5.41, 5.74) is 4.48. The third-order valence-corrected chi connectivity index (χ3v) is 6.13. The Hall–Kier alpha value is -3.46. The Labute approximate surface area is 196 Å². The average Bonchev–Trinajstić information content (AvgIpc) is 2.88. The van der Waals surface area contributed by atoms with Crippen molar-refractivity contribution in [2.75, 3.05) is 0 Å². The number of rotatable bonds is 10. The Morgan fingerprint density at radius 3 is 2.24 bits per heavy atom. The van der Waals surface area contributed by atoms with E-state index < -0.39 is 0 Å².